The van der Waals surface area contributed by atoms with Crippen LogP contribution in [0, 0.1) is 0 Å². The number of rotatable bonds is 4. The van der Waals surface area contributed by atoms with E-state index in [0.717, 1.165) is 6.54 Å². The summed E-state index contributed by atoms with van der Waals surface area (Å²) >= 11 is 0. The van der Waals surface area contributed by atoms with Crippen LogP contribution in [0.1, 0.15) is 32.6 Å². The first-order valence-electron chi connectivity index (χ1n) is 5.13. The maximum absolute atomic E-state index is 5.32. The molecule has 1 aliphatic carbocycles. The lowest BCUT2D eigenvalue weighted by Gasteiger charge is -2.28. The maximum Gasteiger partial charge on any atom is 0.0572 e. The molecule has 1 saturated carbocycles. The van der Waals surface area contributed by atoms with E-state index >= 15 is 0 Å². The molecule has 0 amide bonds. The number of ether oxygens (including phenoxy) is 1. The Balaban J connectivity index is 2.14. The Morgan fingerprint density at radius 2 is 2.00 bits per heavy atom. The second-order valence-electron chi connectivity index (χ2n) is 4.05. The van der Waals surface area contributed by atoms with Crippen LogP contribution in [0.25, 0.3) is 0 Å². The molecule has 13 heavy (non-hydrogen) atoms. The van der Waals surface area contributed by atoms with Crippen LogP contribution in [0.15, 0.2) is 12.2 Å². The third-order valence-electron chi connectivity index (χ3n) is 2.70. The standard InChI is InChI=1S/C11H21NO/c1-9(2)8-12-10-4-6-11(13-3)7-5-10/h10-12H,1,4-8H2,2-3H3. The van der Waals surface area contributed by atoms with Crippen molar-refractivity contribution in [3.05, 3.63) is 12.2 Å². The molecular formula is C11H21NO. The Morgan fingerprint density at radius 1 is 1.38 bits per heavy atom. The lowest BCUT2D eigenvalue weighted by Crippen LogP contribution is -2.35. The highest BCUT2D eigenvalue weighted by molar-refractivity contribution is 4.92. The van der Waals surface area contributed by atoms with E-state index in [4.69, 9.17) is 4.74 Å². The summed E-state index contributed by atoms with van der Waals surface area (Å²) < 4.78 is 5.32. The largest absolute Gasteiger partial charge is 0.381 e. The Kier molecular flexibility index (Phi) is 4.46. The highest BCUT2D eigenvalue weighted by Crippen LogP contribution is 2.20. The van der Waals surface area contributed by atoms with Crippen molar-refractivity contribution in [1.82, 2.24) is 5.32 Å². The van der Waals surface area contributed by atoms with Gasteiger partial charge in [-0.25, -0.2) is 0 Å². The molecule has 0 unspecified atom stereocenters. The average molecular weight is 183 g/mol. The lowest BCUT2D eigenvalue weighted by atomic mass is 9.93. The first-order chi connectivity index (χ1) is 6.22. The van der Waals surface area contributed by atoms with Crippen LogP contribution in [0.4, 0.5) is 0 Å². The van der Waals surface area contributed by atoms with Crippen LogP contribution >= 0.6 is 0 Å². The van der Waals surface area contributed by atoms with E-state index in [1.807, 2.05) is 7.11 Å². The van der Waals surface area contributed by atoms with Gasteiger partial charge in [-0.1, -0.05) is 12.2 Å². The molecule has 2 nitrogen and oxygen atoms in total. The molecule has 0 aliphatic heterocycles. The Bertz CT molecular complexity index is 159. The molecule has 0 bridgehead atoms. The number of hydrogen-bond acceptors (Lipinski definition) is 2. The van der Waals surface area contributed by atoms with E-state index in [0.29, 0.717) is 12.1 Å². The van der Waals surface area contributed by atoms with Crippen LogP contribution in [0.2, 0.25) is 0 Å². The quantitative estimate of drug-likeness (QED) is 0.674. The molecule has 0 atom stereocenters. The zero-order valence-corrected chi connectivity index (χ0v) is 8.81. The van der Waals surface area contributed by atoms with Crippen molar-refractivity contribution in [3.63, 3.8) is 0 Å². The van der Waals surface area contributed by atoms with Gasteiger partial charge in [0.05, 0.1) is 6.10 Å². The summed E-state index contributed by atoms with van der Waals surface area (Å²) in [4.78, 5) is 0. The second kappa shape index (κ2) is 5.40. The van der Waals surface area contributed by atoms with Gasteiger partial charge in [-0.15, -0.1) is 0 Å². The summed E-state index contributed by atoms with van der Waals surface area (Å²) in [6.45, 7) is 6.91. The molecule has 0 aromatic heterocycles. The molecule has 0 saturated heterocycles. The predicted molar refractivity (Wildman–Crippen MR) is 55.9 cm³/mol. The van der Waals surface area contributed by atoms with Gasteiger partial charge in [-0.3, -0.25) is 0 Å². The highest BCUT2D eigenvalue weighted by atomic mass is 16.5. The summed E-state index contributed by atoms with van der Waals surface area (Å²) in [5.74, 6) is 0. The third-order valence-corrected chi connectivity index (χ3v) is 2.70. The van der Waals surface area contributed by atoms with Gasteiger partial charge < -0.3 is 10.1 Å². The molecule has 0 aromatic carbocycles. The van der Waals surface area contributed by atoms with Gasteiger partial charge in [0.1, 0.15) is 0 Å². The zero-order valence-electron chi connectivity index (χ0n) is 8.81. The normalized spacial score (nSPS) is 28.8. The molecule has 0 spiro atoms. The summed E-state index contributed by atoms with van der Waals surface area (Å²) in [5, 5.41) is 3.51. The summed E-state index contributed by atoms with van der Waals surface area (Å²) in [6.07, 6.45) is 5.38. The van der Waals surface area contributed by atoms with Gasteiger partial charge in [0.2, 0.25) is 0 Å². The molecule has 1 fully saturated rings. The maximum atomic E-state index is 5.32. The van der Waals surface area contributed by atoms with Crippen LogP contribution in [0.5, 0.6) is 0 Å². The van der Waals surface area contributed by atoms with E-state index in [-0.39, 0.29) is 0 Å². The molecule has 0 heterocycles. The van der Waals surface area contributed by atoms with Crippen molar-refractivity contribution in [2.24, 2.45) is 0 Å². The van der Waals surface area contributed by atoms with Gasteiger partial charge >= 0.3 is 0 Å². The molecule has 76 valence electrons. The van der Waals surface area contributed by atoms with Crippen LogP contribution < -0.4 is 5.32 Å². The first-order valence-corrected chi connectivity index (χ1v) is 5.13. The number of nitrogens with one attached hydrogen (secondary N) is 1. The predicted octanol–water partition coefficient (Wildman–Crippen LogP) is 2.11. The average Bonchev–Trinajstić information content (AvgIpc) is 2.15. The molecular weight excluding hydrogens is 162 g/mol. The van der Waals surface area contributed by atoms with Gasteiger partial charge in [0, 0.05) is 19.7 Å². The lowest BCUT2D eigenvalue weighted by molar-refractivity contribution is 0.0629. The van der Waals surface area contributed by atoms with Crippen molar-refractivity contribution in [1.29, 1.82) is 0 Å². The van der Waals surface area contributed by atoms with Crippen molar-refractivity contribution in [3.8, 4) is 0 Å². The summed E-state index contributed by atoms with van der Waals surface area (Å²) in [5.41, 5.74) is 1.22. The van der Waals surface area contributed by atoms with Crippen molar-refractivity contribution >= 4 is 0 Å². The van der Waals surface area contributed by atoms with E-state index in [1.54, 1.807) is 0 Å². The minimum atomic E-state index is 0.503. The van der Waals surface area contributed by atoms with Crippen LogP contribution in [0.3, 0.4) is 0 Å². The Morgan fingerprint density at radius 3 is 2.46 bits per heavy atom. The van der Waals surface area contributed by atoms with Crippen molar-refractivity contribution < 1.29 is 4.74 Å². The van der Waals surface area contributed by atoms with E-state index < -0.39 is 0 Å². The van der Waals surface area contributed by atoms with Gasteiger partial charge in [0.15, 0.2) is 0 Å². The van der Waals surface area contributed by atoms with E-state index in [2.05, 4.69) is 18.8 Å². The van der Waals surface area contributed by atoms with Gasteiger partial charge in [-0.05, 0) is 32.6 Å². The van der Waals surface area contributed by atoms with Crippen molar-refractivity contribution in [2.45, 2.75) is 44.8 Å². The fraction of sp³-hybridized carbons (Fsp3) is 0.818. The second-order valence-corrected chi connectivity index (χ2v) is 4.05. The third kappa shape index (κ3) is 3.92. The topological polar surface area (TPSA) is 21.3 Å². The van der Waals surface area contributed by atoms with E-state index in [9.17, 15) is 0 Å². The van der Waals surface area contributed by atoms with Crippen molar-refractivity contribution in [2.75, 3.05) is 13.7 Å². The molecule has 0 aromatic rings. The van der Waals surface area contributed by atoms with E-state index in [1.165, 1.54) is 31.3 Å². The summed E-state index contributed by atoms with van der Waals surface area (Å²) in [7, 11) is 1.81. The first kappa shape index (κ1) is 10.7. The fourth-order valence-electron chi connectivity index (χ4n) is 1.82. The minimum absolute atomic E-state index is 0.503. The molecule has 1 aliphatic rings. The Hall–Kier alpha value is -0.340. The number of hydrogen-bond donors (Lipinski definition) is 1. The monoisotopic (exact) mass is 183 g/mol. The number of methoxy groups -OCH3 is 1. The Labute approximate surface area is 81.4 Å². The molecule has 2 heteroatoms. The molecule has 1 N–H and O–H groups in total. The SMILES string of the molecule is C=C(C)CNC1CCC(OC)CC1. The van der Waals surface area contributed by atoms with Gasteiger partial charge in [-0.2, -0.15) is 0 Å². The summed E-state index contributed by atoms with van der Waals surface area (Å²) in [6, 6.07) is 0.683. The van der Waals surface area contributed by atoms with Gasteiger partial charge in [0.25, 0.3) is 0 Å². The smallest absolute Gasteiger partial charge is 0.0572 e. The molecule has 0 radical (unpaired) electrons. The molecule has 1 rings (SSSR count). The highest BCUT2D eigenvalue weighted by Gasteiger charge is 2.19. The minimum Gasteiger partial charge on any atom is -0.381 e. The van der Waals surface area contributed by atoms with Crippen LogP contribution in [-0.4, -0.2) is 25.8 Å². The van der Waals surface area contributed by atoms with Crippen LogP contribution in [-0.2, 0) is 4.74 Å². The fourth-order valence-corrected chi connectivity index (χ4v) is 1.82. The zero-order chi connectivity index (χ0) is 9.68.